The van der Waals surface area contributed by atoms with Gasteiger partial charge in [-0.25, -0.2) is 0 Å². The molecular formula is C24H17N3Na2O3S. The maximum atomic E-state index is 12.1. The van der Waals surface area contributed by atoms with E-state index >= 15 is 0 Å². The summed E-state index contributed by atoms with van der Waals surface area (Å²) in [6, 6.07) is 25.9. The minimum Gasteiger partial charge on any atom is -0.282 e. The van der Waals surface area contributed by atoms with Gasteiger partial charge in [0.15, 0.2) is 0 Å². The second-order valence-corrected chi connectivity index (χ2v) is 8.48. The fourth-order valence-electron chi connectivity index (χ4n) is 3.52. The molecule has 0 aliphatic heterocycles. The smallest absolute Gasteiger partial charge is 0.282 e. The van der Waals surface area contributed by atoms with Crippen LogP contribution in [0.3, 0.4) is 0 Å². The maximum Gasteiger partial charge on any atom is 0.295 e. The Morgan fingerprint density at radius 2 is 1.52 bits per heavy atom. The van der Waals surface area contributed by atoms with Crippen molar-refractivity contribution in [3.05, 3.63) is 96.1 Å². The van der Waals surface area contributed by atoms with Crippen LogP contribution in [0, 0.1) is 0 Å². The van der Waals surface area contributed by atoms with E-state index in [9.17, 15) is 13.0 Å². The number of hydrogen-bond donors (Lipinski definition) is 1. The van der Waals surface area contributed by atoms with Crippen molar-refractivity contribution >= 4 is 103 Å². The predicted molar refractivity (Wildman–Crippen MR) is 133 cm³/mol. The standard InChI is InChI=1S/C24H17N3O3S.2Na/c28-31(29,30)23-16-20(14-12-19(23)11-10-17-6-2-1-3-7-17)27-25-22-15-13-18-8-4-5-9-21(18)24(22)26-27;;/h1-16H,(H,28,29,30);;. The molecule has 0 saturated carbocycles. The molecule has 6 nitrogen and oxygen atoms in total. The first-order valence-electron chi connectivity index (χ1n) is 9.59. The van der Waals surface area contributed by atoms with E-state index in [2.05, 4.69) is 10.2 Å². The first-order chi connectivity index (χ1) is 15.0. The topological polar surface area (TPSA) is 85.1 Å². The number of fused-ring (bicyclic) bond motifs is 3. The van der Waals surface area contributed by atoms with Gasteiger partial charge in [-0.2, -0.15) is 13.2 Å². The molecule has 0 saturated heterocycles. The molecule has 0 aliphatic rings. The van der Waals surface area contributed by atoms with Crippen molar-refractivity contribution in [3.63, 3.8) is 0 Å². The quantitative estimate of drug-likeness (QED) is 0.240. The van der Waals surface area contributed by atoms with Gasteiger partial charge in [0.1, 0.15) is 15.9 Å². The summed E-state index contributed by atoms with van der Waals surface area (Å²) < 4.78 is 33.9. The van der Waals surface area contributed by atoms with E-state index in [0.29, 0.717) is 16.8 Å². The van der Waals surface area contributed by atoms with Crippen LogP contribution >= 0.6 is 0 Å². The van der Waals surface area contributed by atoms with Gasteiger partial charge >= 0.3 is 0 Å². The van der Waals surface area contributed by atoms with Gasteiger partial charge in [0.2, 0.25) is 0 Å². The third-order valence-electron chi connectivity index (χ3n) is 5.04. The molecular weight excluding hydrogens is 456 g/mol. The molecule has 9 heteroatoms. The third-order valence-corrected chi connectivity index (χ3v) is 5.95. The van der Waals surface area contributed by atoms with Crippen molar-refractivity contribution in [2.24, 2.45) is 0 Å². The van der Waals surface area contributed by atoms with Crippen molar-refractivity contribution in [1.82, 2.24) is 15.0 Å². The molecule has 0 spiro atoms. The average molecular weight is 473 g/mol. The molecule has 0 atom stereocenters. The Labute approximate surface area is 235 Å². The first-order valence-corrected chi connectivity index (χ1v) is 11.0. The van der Waals surface area contributed by atoms with Crippen LogP contribution in [0.25, 0.3) is 39.6 Å². The number of nitrogens with zero attached hydrogens (tertiary/aromatic N) is 3. The number of benzene rings is 4. The summed E-state index contributed by atoms with van der Waals surface area (Å²) >= 11 is 0. The van der Waals surface area contributed by atoms with Gasteiger partial charge in [-0.15, -0.1) is 10.2 Å². The molecule has 0 bridgehead atoms. The molecule has 5 rings (SSSR count). The summed E-state index contributed by atoms with van der Waals surface area (Å²) in [4.78, 5) is 1.18. The van der Waals surface area contributed by atoms with Gasteiger partial charge in [0.25, 0.3) is 10.1 Å². The van der Waals surface area contributed by atoms with E-state index in [1.807, 2.05) is 66.7 Å². The largest absolute Gasteiger partial charge is 0.295 e. The molecule has 33 heavy (non-hydrogen) atoms. The molecule has 0 unspecified atom stereocenters. The van der Waals surface area contributed by atoms with Crippen LogP contribution in [0.1, 0.15) is 11.1 Å². The SMILES string of the molecule is O=S(=O)(O)c1cc(-n2nc3ccc4ccccc4c3n2)ccc1C=Cc1ccccc1.[Na].[Na]. The molecule has 0 amide bonds. The fourth-order valence-corrected chi connectivity index (χ4v) is 4.23. The van der Waals surface area contributed by atoms with E-state index in [4.69, 9.17) is 0 Å². The van der Waals surface area contributed by atoms with Crippen molar-refractivity contribution in [2.75, 3.05) is 0 Å². The Bertz CT molecular complexity index is 1570. The Morgan fingerprint density at radius 1 is 0.788 bits per heavy atom. The predicted octanol–water partition coefficient (Wildman–Crippen LogP) is 4.23. The van der Waals surface area contributed by atoms with Crippen LogP contribution in [0.2, 0.25) is 0 Å². The molecule has 4 aromatic carbocycles. The van der Waals surface area contributed by atoms with Crippen LogP contribution in [0.15, 0.2) is 89.8 Å². The minimum atomic E-state index is -4.45. The van der Waals surface area contributed by atoms with Crippen molar-refractivity contribution < 1.29 is 13.0 Å². The second-order valence-electron chi connectivity index (χ2n) is 7.09. The van der Waals surface area contributed by atoms with Crippen LogP contribution in [0.5, 0.6) is 0 Å². The van der Waals surface area contributed by atoms with E-state index < -0.39 is 10.1 Å². The van der Waals surface area contributed by atoms with Gasteiger partial charge in [-0.1, -0.05) is 78.9 Å². The average Bonchev–Trinajstić information content (AvgIpc) is 3.23. The van der Waals surface area contributed by atoms with E-state index in [1.54, 1.807) is 24.3 Å². The summed E-state index contributed by atoms with van der Waals surface area (Å²) in [6.45, 7) is 0. The third kappa shape index (κ3) is 5.48. The van der Waals surface area contributed by atoms with Gasteiger partial charge in [-0.05, 0) is 34.7 Å². The van der Waals surface area contributed by atoms with E-state index in [0.717, 1.165) is 21.9 Å². The molecule has 2 radical (unpaired) electrons. The van der Waals surface area contributed by atoms with Gasteiger partial charge in [0.05, 0.1) is 5.69 Å². The summed E-state index contributed by atoms with van der Waals surface area (Å²) in [7, 11) is -4.45. The maximum absolute atomic E-state index is 12.1. The Balaban J connectivity index is 0.00000153. The van der Waals surface area contributed by atoms with Crippen LogP contribution < -0.4 is 0 Å². The second kappa shape index (κ2) is 10.6. The summed E-state index contributed by atoms with van der Waals surface area (Å²) in [5.41, 5.74) is 3.14. The van der Waals surface area contributed by atoms with Gasteiger partial charge in [0, 0.05) is 64.5 Å². The summed E-state index contributed by atoms with van der Waals surface area (Å²) in [5.74, 6) is 0. The van der Waals surface area contributed by atoms with Crippen molar-refractivity contribution in [1.29, 1.82) is 0 Å². The van der Waals surface area contributed by atoms with Crippen molar-refractivity contribution in [3.8, 4) is 5.69 Å². The van der Waals surface area contributed by atoms with Gasteiger partial charge < -0.3 is 0 Å². The van der Waals surface area contributed by atoms with E-state index in [1.165, 1.54) is 10.9 Å². The zero-order chi connectivity index (χ0) is 21.4. The summed E-state index contributed by atoms with van der Waals surface area (Å²) in [5, 5.41) is 11.1. The number of rotatable bonds is 4. The zero-order valence-corrected chi connectivity index (χ0v) is 23.1. The normalized spacial score (nSPS) is 11.4. The van der Waals surface area contributed by atoms with Crippen LogP contribution in [-0.2, 0) is 10.1 Å². The monoisotopic (exact) mass is 473 g/mol. The molecule has 0 aliphatic carbocycles. The minimum absolute atomic E-state index is 0. The number of hydrogen-bond acceptors (Lipinski definition) is 4. The molecule has 1 N–H and O–H groups in total. The van der Waals surface area contributed by atoms with Gasteiger partial charge in [-0.3, -0.25) is 4.55 Å². The molecule has 5 aromatic rings. The Kier molecular flexibility index (Phi) is 8.31. The molecule has 1 aromatic heterocycles. The molecule has 1 heterocycles. The fraction of sp³-hybridized carbons (Fsp3) is 0. The summed E-state index contributed by atoms with van der Waals surface area (Å²) in [6.07, 6.45) is 3.44. The van der Waals surface area contributed by atoms with Crippen LogP contribution in [-0.4, -0.2) is 87.1 Å². The van der Waals surface area contributed by atoms with Crippen molar-refractivity contribution in [2.45, 2.75) is 4.90 Å². The van der Waals surface area contributed by atoms with Crippen LogP contribution in [0.4, 0.5) is 0 Å². The first kappa shape index (κ1) is 25.8. The molecule has 0 fully saturated rings. The zero-order valence-electron chi connectivity index (χ0n) is 18.3. The Morgan fingerprint density at radius 3 is 2.27 bits per heavy atom. The van der Waals surface area contributed by atoms with E-state index in [-0.39, 0.29) is 64.0 Å². The number of aromatic nitrogens is 3. The molecule has 154 valence electrons. The Hall–Kier alpha value is -1.81.